The molecule has 9 nitrogen and oxygen atoms in total. The molecule has 1 aromatic heterocycles. The minimum atomic E-state index is -3.86. The molecule has 4 aromatic rings. The van der Waals surface area contributed by atoms with Crippen molar-refractivity contribution in [2.75, 3.05) is 6.54 Å². The van der Waals surface area contributed by atoms with E-state index in [1.54, 1.807) is 54.6 Å². The molecule has 1 heterocycles. The Labute approximate surface area is 184 Å². The number of hydrogen-bond donors (Lipinski definition) is 4. The maximum Gasteiger partial charge on any atom is 0.251 e. The van der Waals surface area contributed by atoms with Crippen molar-refractivity contribution in [1.29, 1.82) is 0 Å². The first-order chi connectivity index (χ1) is 15.3. The number of aryl methyl sites for hydroxylation is 1. The van der Waals surface area contributed by atoms with Gasteiger partial charge >= 0.3 is 0 Å². The van der Waals surface area contributed by atoms with Gasteiger partial charge in [-0.2, -0.15) is 15.4 Å². The highest BCUT2D eigenvalue weighted by Crippen LogP contribution is 2.27. The Hall–Kier alpha value is -3.76. The SMILES string of the molecule is NS(=O)(=O)c1ccccc1-c1ccc(C(=O)NCCCc2cc3n[nH]nc3cc2O)cc1. The third-order valence-electron chi connectivity index (χ3n) is 5.08. The zero-order chi connectivity index (χ0) is 22.7. The molecule has 5 N–H and O–H groups in total. The molecule has 0 saturated carbocycles. The number of amides is 1. The van der Waals surface area contributed by atoms with Gasteiger partial charge in [0.1, 0.15) is 16.8 Å². The van der Waals surface area contributed by atoms with E-state index in [-0.39, 0.29) is 16.6 Å². The zero-order valence-corrected chi connectivity index (χ0v) is 17.8. The molecule has 0 atom stereocenters. The maximum absolute atomic E-state index is 12.4. The molecule has 1 amide bonds. The number of aromatic hydroxyl groups is 1. The summed E-state index contributed by atoms with van der Waals surface area (Å²) >= 11 is 0. The lowest BCUT2D eigenvalue weighted by molar-refractivity contribution is 0.0953. The highest BCUT2D eigenvalue weighted by atomic mass is 32.2. The van der Waals surface area contributed by atoms with E-state index in [1.807, 2.05) is 0 Å². The molecule has 0 aliphatic rings. The van der Waals surface area contributed by atoms with Crippen LogP contribution in [0.15, 0.2) is 65.6 Å². The Morgan fingerprint density at radius 2 is 1.72 bits per heavy atom. The van der Waals surface area contributed by atoms with E-state index in [2.05, 4.69) is 20.7 Å². The lowest BCUT2D eigenvalue weighted by atomic mass is 10.0. The summed E-state index contributed by atoms with van der Waals surface area (Å²) in [5, 5.41) is 28.7. The van der Waals surface area contributed by atoms with E-state index in [1.165, 1.54) is 6.07 Å². The zero-order valence-electron chi connectivity index (χ0n) is 16.9. The van der Waals surface area contributed by atoms with Crippen molar-refractivity contribution in [3.8, 4) is 16.9 Å². The normalized spacial score (nSPS) is 11.5. The number of hydrogen-bond acceptors (Lipinski definition) is 6. The van der Waals surface area contributed by atoms with Crippen LogP contribution in [-0.2, 0) is 16.4 Å². The monoisotopic (exact) mass is 451 g/mol. The maximum atomic E-state index is 12.4. The number of sulfonamides is 1. The van der Waals surface area contributed by atoms with Crippen molar-refractivity contribution >= 4 is 27.0 Å². The average Bonchev–Trinajstić information content (AvgIpc) is 3.23. The first-order valence-electron chi connectivity index (χ1n) is 9.86. The average molecular weight is 452 g/mol. The van der Waals surface area contributed by atoms with Crippen LogP contribution in [0.3, 0.4) is 0 Å². The van der Waals surface area contributed by atoms with E-state index >= 15 is 0 Å². The van der Waals surface area contributed by atoms with Gasteiger partial charge in [-0.05, 0) is 48.2 Å². The highest BCUT2D eigenvalue weighted by molar-refractivity contribution is 7.89. The quantitative estimate of drug-likeness (QED) is 0.317. The number of benzene rings is 3. The summed E-state index contributed by atoms with van der Waals surface area (Å²) in [6.45, 7) is 0.422. The topological polar surface area (TPSA) is 151 Å². The molecule has 0 saturated heterocycles. The van der Waals surface area contributed by atoms with Crippen LogP contribution in [0.2, 0.25) is 0 Å². The van der Waals surface area contributed by atoms with Crippen molar-refractivity contribution < 1.29 is 18.3 Å². The second kappa shape index (κ2) is 8.77. The predicted octanol–water partition coefficient (Wildman–Crippen LogP) is 2.34. The minimum Gasteiger partial charge on any atom is -0.508 e. The summed E-state index contributed by atoms with van der Waals surface area (Å²) in [6, 6.07) is 16.4. The fourth-order valence-electron chi connectivity index (χ4n) is 3.46. The summed E-state index contributed by atoms with van der Waals surface area (Å²) in [5.74, 6) is -0.0967. The number of nitrogens with two attached hydrogens (primary N) is 1. The number of phenols is 1. The van der Waals surface area contributed by atoms with Crippen molar-refractivity contribution in [3.05, 3.63) is 71.8 Å². The molecule has 0 spiro atoms. The first kappa shape index (κ1) is 21.5. The molecule has 0 radical (unpaired) electrons. The largest absolute Gasteiger partial charge is 0.508 e. The molecular weight excluding hydrogens is 430 g/mol. The number of carbonyl (C=O) groups excluding carboxylic acids is 1. The van der Waals surface area contributed by atoms with Crippen molar-refractivity contribution in [3.63, 3.8) is 0 Å². The number of H-pyrrole nitrogens is 1. The van der Waals surface area contributed by atoms with Crippen LogP contribution in [0.1, 0.15) is 22.3 Å². The second-order valence-corrected chi connectivity index (χ2v) is 8.80. The molecule has 10 heteroatoms. The van der Waals surface area contributed by atoms with Gasteiger partial charge in [0.25, 0.3) is 5.91 Å². The lowest BCUT2D eigenvalue weighted by Gasteiger charge is -2.09. The van der Waals surface area contributed by atoms with E-state index in [9.17, 15) is 18.3 Å². The molecular formula is C22H21N5O4S. The van der Waals surface area contributed by atoms with Gasteiger partial charge < -0.3 is 10.4 Å². The summed E-state index contributed by atoms with van der Waals surface area (Å²) in [5.41, 5.74) is 3.57. The smallest absolute Gasteiger partial charge is 0.251 e. The number of primary sulfonamides is 1. The van der Waals surface area contributed by atoms with Gasteiger partial charge in [0.15, 0.2) is 0 Å². The van der Waals surface area contributed by atoms with E-state index in [0.717, 1.165) is 5.56 Å². The van der Waals surface area contributed by atoms with Crippen LogP contribution in [0, 0.1) is 0 Å². The van der Waals surface area contributed by atoms with Crippen molar-refractivity contribution in [1.82, 2.24) is 20.7 Å². The molecule has 0 unspecified atom stereocenters. The fourth-order valence-corrected chi connectivity index (χ4v) is 4.22. The van der Waals surface area contributed by atoms with Crippen LogP contribution in [0.5, 0.6) is 5.75 Å². The van der Waals surface area contributed by atoms with Gasteiger partial charge in [0, 0.05) is 23.7 Å². The molecule has 32 heavy (non-hydrogen) atoms. The van der Waals surface area contributed by atoms with Gasteiger partial charge in [-0.25, -0.2) is 13.6 Å². The molecule has 0 fully saturated rings. The minimum absolute atomic E-state index is 0.0317. The Morgan fingerprint density at radius 1 is 1.03 bits per heavy atom. The van der Waals surface area contributed by atoms with Crippen LogP contribution < -0.4 is 10.5 Å². The third kappa shape index (κ3) is 4.61. The standard InChI is InChI=1S/C22H21N5O4S/c23-32(30,31)21-6-2-1-5-17(21)14-7-9-15(10-8-14)22(29)24-11-3-4-16-12-18-19(13-20(16)28)26-27-25-18/h1-2,5-10,12-13,28H,3-4,11H2,(H,24,29)(H2,23,30,31)(H,25,26,27). The van der Waals surface area contributed by atoms with Gasteiger partial charge in [-0.3, -0.25) is 4.79 Å². The van der Waals surface area contributed by atoms with Crippen LogP contribution in [0.4, 0.5) is 0 Å². The lowest BCUT2D eigenvalue weighted by Crippen LogP contribution is -2.24. The fraction of sp³-hybridized carbons (Fsp3) is 0.136. The van der Waals surface area contributed by atoms with E-state index in [4.69, 9.17) is 5.14 Å². The number of aromatic amines is 1. The number of nitrogens with zero attached hydrogens (tertiary/aromatic N) is 2. The highest BCUT2D eigenvalue weighted by Gasteiger charge is 2.15. The van der Waals surface area contributed by atoms with Crippen LogP contribution in [0.25, 0.3) is 22.2 Å². The second-order valence-electron chi connectivity index (χ2n) is 7.27. The Morgan fingerprint density at radius 3 is 2.44 bits per heavy atom. The van der Waals surface area contributed by atoms with Crippen molar-refractivity contribution in [2.45, 2.75) is 17.7 Å². The molecule has 164 valence electrons. The molecule has 0 aliphatic heterocycles. The van der Waals surface area contributed by atoms with Gasteiger partial charge in [-0.15, -0.1) is 0 Å². The molecule has 0 aliphatic carbocycles. The van der Waals surface area contributed by atoms with E-state index < -0.39 is 10.0 Å². The Bertz CT molecular complexity index is 1380. The Balaban J connectivity index is 1.37. The van der Waals surface area contributed by atoms with Gasteiger partial charge in [0.2, 0.25) is 10.0 Å². The summed E-state index contributed by atoms with van der Waals surface area (Å²) in [7, 11) is -3.86. The number of nitrogens with one attached hydrogen (secondary N) is 2. The van der Waals surface area contributed by atoms with E-state index in [0.29, 0.717) is 47.1 Å². The number of aromatic nitrogens is 3. The number of rotatable bonds is 7. The van der Waals surface area contributed by atoms with Crippen LogP contribution >= 0.6 is 0 Å². The third-order valence-corrected chi connectivity index (χ3v) is 6.05. The van der Waals surface area contributed by atoms with Crippen molar-refractivity contribution in [2.24, 2.45) is 5.14 Å². The molecule has 3 aromatic carbocycles. The summed E-state index contributed by atoms with van der Waals surface area (Å²) in [6.07, 6.45) is 1.20. The number of carbonyl (C=O) groups is 1. The first-order valence-corrected chi connectivity index (χ1v) is 11.4. The number of phenolic OH excluding ortho intramolecular Hbond substituents is 1. The van der Waals surface area contributed by atoms with Crippen LogP contribution in [-0.4, -0.2) is 41.4 Å². The predicted molar refractivity (Wildman–Crippen MR) is 119 cm³/mol. The molecule has 4 rings (SSSR count). The van der Waals surface area contributed by atoms with Gasteiger partial charge in [-0.1, -0.05) is 30.3 Å². The Kier molecular flexibility index (Phi) is 5.89. The summed E-state index contributed by atoms with van der Waals surface area (Å²) < 4.78 is 23.6. The summed E-state index contributed by atoms with van der Waals surface area (Å²) in [4.78, 5) is 12.5. The number of fused-ring (bicyclic) bond motifs is 1. The van der Waals surface area contributed by atoms with Gasteiger partial charge in [0.05, 0.1) is 4.90 Å². The molecule has 0 bridgehead atoms.